The normalized spacial score (nSPS) is 21.3. The van der Waals surface area contributed by atoms with Crippen LogP contribution in [0.4, 0.5) is 4.79 Å². The highest BCUT2D eigenvalue weighted by Gasteiger charge is 2.40. The fourth-order valence-electron chi connectivity index (χ4n) is 5.54. The molecule has 204 valence electrons. The van der Waals surface area contributed by atoms with Crippen LogP contribution in [0.3, 0.4) is 0 Å². The van der Waals surface area contributed by atoms with Crippen molar-refractivity contribution in [2.45, 2.75) is 44.4 Å². The number of halogens is 1. The standard InChI is InChI=1S/C28H36ClN5O3S/c29-25-14-12-24(13-15-25)27-26(23-10-4-1-5-11-23)22-33(30-27)28(35)34(21-20-31-16-6-2-7-17-31)38(36,37)32-18-8-3-9-19-32/h1,4-5,10-15,26H,2-3,6-9,16-22H2. The second-order valence-electron chi connectivity index (χ2n) is 10.3. The van der Waals surface area contributed by atoms with Gasteiger partial charge in [0.05, 0.1) is 18.8 Å². The van der Waals surface area contributed by atoms with Gasteiger partial charge in [-0.3, -0.25) is 0 Å². The third-order valence-electron chi connectivity index (χ3n) is 7.68. The van der Waals surface area contributed by atoms with Crippen LogP contribution in [0.1, 0.15) is 55.6 Å². The van der Waals surface area contributed by atoms with Crippen molar-refractivity contribution in [2.75, 3.05) is 45.8 Å². The minimum Gasteiger partial charge on any atom is -0.302 e. The maximum absolute atomic E-state index is 14.0. The molecule has 0 radical (unpaired) electrons. The molecule has 3 aliphatic heterocycles. The molecule has 5 rings (SSSR count). The molecular formula is C28H36ClN5O3S. The van der Waals surface area contributed by atoms with E-state index in [-0.39, 0.29) is 19.0 Å². The van der Waals surface area contributed by atoms with E-state index in [9.17, 15) is 13.2 Å². The van der Waals surface area contributed by atoms with Gasteiger partial charge in [-0.25, -0.2) is 14.1 Å². The first-order valence-corrected chi connectivity index (χ1v) is 15.4. The molecule has 0 spiro atoms. The second kappa shape index (κ2) is 12.2. The van der Waals surface area contributed by atoms with Crippen molar-refractivity contribution in [3.8, 4) is 0 Å². The summed E-state index contributed by atoms with van der Waals surface area (Å²) in [6, 6.07) is 16.7. The summed E-state index contributed by atoms with van der Waals surface area (Å²) < 4.78 is 30.2. The van der Waals surface area contributed by atoms with Crippen LogP contribution in [-0.2, 0) is 10.2 Å². The summed E-state index contributed by atoms with van der Waals surface area (Å²) in [7, 11) is -3.97. The van der Waals surface area contributed by atoms with Crippen molar-refractivity contribution in [3.63, 3.8) is 0 Å². The molecule has 2 aromatic rings. The van der Waals surface area contributed by atoms with Crippen LogP contribution < -0.4 is 0 Å². The largest absolute Gasteiger partial charge is 0.355 e. The third kappa shape index (κ3) is 6.06. The first-order chi connectivity index (χ1) is 18.4. The number of piperidine rings is 2. The highest BCUT2D eigenvalue weighted by atomic mass is 35.5. The lowest BCUT2D eigenvalue weighted by Gasteiger charge is -2.35. The van der Waals surface area contributed by atoms with Gasteiger partial charge in [0, 0.05) is 30.6 Å². The van der Waals surface area contributed by atoms with E-state index in [0.717, 1.165) is 66.3 Å². The second-order valence-corrected chi connectivity index (χ2v) is 12.6. The molecule has 8 nitrogen and oxygen atoms in total. The van der Waals surface area contributed by atoms with Crippen LogP contribution in [-0.4, -0.2) is 84.5 Å². The predicted molar refractivity (Wildman–Crippen MR) is 151 cm³/mol. The van der Waals surface area contributed by atoms with Gasteiger partial charge in [-0.1, -0.05) is 66.9 Å². The number of nitrogens with zero attached hydrogens (tertiary/aromatic N) is 5. The van der Waals surface area contributed by atoms with E-state index in [1.165, 1.54) is 15.7 Å². The summed E-state index contributed by atoms with van der Waals surface area (Å²) in [5, 5.41) is 6.70. The molecule has 3 aliphatic rings. The summed E-state index contributed by atoms with van der Waals surface area (Å²) in [5.74, 6) is -0.178. The number of hydrogen-bond donors (Lipinski definition) is 0. The van der Waals surface area contributed by atoms with E-state index >= 15 is 0 Å². The average molecular weight is 558 g/mol. The smallest absolute Gasteiger partial charge is 0.302 e. The van der Waals surface area contributed by atoms with E-state index in [1.54, 1.807) is 12.1 Å². The highest BCUT2D eigenvalue weighted by molar-refractivity contribution is 7.87. The lowest BCUT2D eigenvalue weighted by atomic mass is 9.91. The molecule has 0 aromatic heterocycles. The summed E-state index contributed by atoms with van der Waals surface area (Å²) in [6.45, 7) is 3.69. The quantitative estimate of drug-likeness (QED) is 0.491. The van der Waals surface area contributed by atoms with Crippen LogP contribution in [0.25, 0.3) is 0 Å². The molecule has 2 aromatic carbocycles. The Balaban J connectivity index is 1.45. The summed E-state index contributed by atoms with van der Waals surface area (Å²) in [4.78, 5) is 16.3. The Morgan fingerprint density at radius 2 is 1.53 bits per heavy atom. The summed E-state index contributed by atoms with van der Waals surface area (Å²) in [5.41, 5.74) is 2.61. The van der Waals surface area contributed by atoms with Crippen molar-refractivity contribution < 1.29 is 13.2 Å². The number of rotatable bonds is 7. The molecule has 3 heterocycles. The first kappa shape index (κ1) is 27.1. The molecule has 2 fully saturated rings. The molecule has 0 saturated carbocycles. The van der Waals surface area contributed by atoms with Gasteiger partial charge in [0.15, 0.2) is 0 Å². The molecule has 2 saturated heterocycles. The SMILES string of the molecule is O=C(N1CC(c2ccccc2)C(c2ccc(Cl)cc2)=N1)N(CCN1CCCCC1)S(=O)(=O)N1CCCCC1. The van der Waals surface area contributed by atoms with Crippen LogP contribution >= 0.6 is 11.6 Å². The fraction of sp³-hybridized carbons (Fsp3) is 0.500. The molecule has 0 bridgehead atoms. The molecule has 0 aliphatic carbocycles. The molecule has 10 heteroatoms. The number of hydrogen-bond acceptors (Lipinski definition) is 5. The molecule has 2 amide bonds. The van der Waals surface area contributed by atoms with Crippen LogP contribution in [0.5, 0.6) is 0 Å². The maximum atomic E-state index is 14.0. The number of likely N-dealkylation sites (tertiary alicyclic amines) is 1. The van der Waals surface area contributed by atoms with E-state index in [0.29, 0.717) is 24.7 Å². The highest BCUT2D eigenvalue weighted by Crippen LogP contribution is 2.31. The number of amides is 2. The minimum absolute atomic E-state index is 0.121. The Kier molecular flexibility index (Phi) is 8.67. The van der Waals surface area contributed by atoms with Gasteiger partial charge in [0.1, 0.15) is 0 Å². The molecule has 1 unspecified atom stereocenters. The minimum atomic E-state index is -3.97. The zero-order valence-corrected chi connectivity index (χ0v) is 23.3. The van der Waals surface area contributed by atoms with Crippen molar-refractivity contribution in [1.29, 1.82) is 0 Å². The van der Waals surface area contributed by atoms with Gasteiger partial charge in [0.25, 0.3) is 0 Å². The third-order valence-corrected chi connectivity index (χ3v) is 9.84. The van der Waals surface area contributed by atoms with E-state index < -0.39 is 16.2 Å². The van der Waals surface area contributed by atoms with Crippen LogP contribution in [0, 0.1) is 0 Å². The Morgan fingerprint density at radius 3 is 2.18 bits per heavy atom. The van der Waals surface area contributed by atoms with Gasteiger partial charge in [-0.05, 0) is 62.0 Å². The van der Waals surface area contributed by atoms with E-state index in [2.05, 4.69) is 4.90 Å². The van der Waals surface area contributed by atoms with Crippen molar-refractivity contribution >= 4 is 33.6 Å². The van der Waals surface area contributed by atoms with Gasteiger partial charge < -0.3 is 4.90 Å². The topological polar surface area (TPSA) is 76.5 Å². The van der Waals surface area contributed by atoms with Crippen molar-refractivity contribution in [2.24, 2.45) is 5.10 Å². The van der Waals surface area contributed by atoms with Gasteiger partial charge in [-0.15, -0.1) is 0 Å². The van der Waals surface area contributed by atoms with Gasteiger partial charge in [-0.2, -0.15) is 17.8 Å². The molecular weight excluding hydrogens is 522 g/mol. The Labute approximate surface area is 231 Å². The number of hydrazone groups is 1. The van der Waals surface area contributed by atoms with Crippen LogP contribution in [0.15, 0.2) is 59.7 Å². The zero-order chi connectivity index (χ0) is 26.5. The average Bonchev–Trinajstić information content (AvgIpc) is 3.40. The fourth-order valence-corrected chi connectivity index (χ4v) is 7.27. The summed E-state index contributed by atoms with van der Waals surface area (Å²) >= 11 is 6.13. The number of urea groups is 1. The molecule has 1 atom stereocenters. The lowest BCUT2D eigenvalue weighted by molar-refractivity contribution is 0.167. The summed E-state index contributed by atoms with van der Waals surface area (Å²) in [6.07, 6.45) is 6.03. The first-order valence-electron chi connectivity index (χ1n) is 13.6. The molecule has 38 heavy (non-hydrogen) atoms. The Hall–Kier alpha value is -2.46. The van der Waals surface area contributed by atoms with Crippen molar-refractivity contribution in [3.05, 3.63) is 70.7 Å². The lowest BCUT2D eigenvalue weighted by Crippen LogP contribution is -2.53. The predicted octanol–water partition coefficient (Wildman–Crippen LogP) is 4.78. The van der Waals surface area contributed by atoms with E-state index in [4.69, 9.17) is 16.7 Å². The van der Waals surface area contributed by atoms with Crippen molar-refractivity contribution in [1.82, 2.24) is 18.5 Å². The van der Waals surface area contributed by atoms with Gasteiger partial charge >= 0.3 is 16.2 Å². The van der Waals surface area contributed by atoms with Crippen LogP contribution in [0.2, 0.25) is 5.02 Å². The maximum Gasteiger partial charge on any atom is 0.355 e. The molecule has 0 N–H and O–H groups in total. The monoisotopic (exact) mass is 557 g/mol. The number of carbonyl (C=O) groups is 1. The number of benzene rings is 2. The van der Waals surface area contributed by atoms with Gasteiger partial charge in [0.2, 0.25) is 0 Å². The van der Waals surface area contributed by atoms with E-state index in [1.807, 2.05) is 42.5 Å². The zero-order valence-electron chi connectivity index (χ0n) is 21.7. The number of carbonyl (C=O) groups excluding carboxylic acids is 1. The Morgan fingerprint density at radius 1 is 0.895 bits per heavy atom. The Bertz CT molecular complexity index is 1230.